The SMILES string of the molecule is CCCCCCCCOC(=O)CCCC(=O)OCC(COC(=O)CCCC(=O)OCCCCCCCC)(COC(=O)CC1(CC)CC2CCCC(C2)C1)COC(=O)OCCCN(CC)CC. The molecule has 0 amide bonds. The highest BCUT2D eigenvalue weighted by molar-refractivity contribution is 5.73. The molecule has 0 spiro atoms. The Morgan fingerprint density at radius 3 is 1.38 bits per heavy atom. The Morgan fingerprint density at radius 1 is 0.485 bits per heavy atom. The van der Waals surface area contributed by atoms with Crippen molar-refractivity contribution in [2.45, 2.75) is 208 Å². The summed E-state index contributed by atoms with van der Waals surface area (Å²) < 4.78 is 39.2. The molecule has 382 valence electrons. The first-order chi connectivity index (χ1) is 31.9. The second-order valence-electron chi connectivity index (χ2n) is 19.3. The van der Waals surface area contributed by atoms with Gasteiger partial charge < -0.3 is 38.1 Å². The summed E-state index contributed by atoms with van der Waals surface area (Å²) in [6, 6.07) is 0. The van der Waals surface area contributed by atoms with Crippen molar-refractivity contribution in [3.05, 3.63) is 0 Å². The fraction of sp³-hybridized carbons (Fsp3) is 0.885. The lowest BCUT2D eigenvalue weighted by Crippen LogP contribution is -2.44. The molecule has 0 aromatic heterocycles. The zero-order valence-electron chi connectivity index (χ0n) is 42.1. The van der Waals surface area contributed by atoms with E-state index >= 15 is 0 Å². The van der Waals surface area contributed by atoms with E-state index in [1.165, 1.54) is 64.2 Å². The highest BCUT2D eigenvalue weighted by Gasteiger charge is 2.44. The van der Waals surface area contributed by atoms with Crippen molar-refractivity contribution in [1.82, 2.24) is 4.90 Å². The smallest absolute Gasteiger partial charge is 0.466 e. The molecular weight excluding hydrogens is 847 g/mol. The maximum Gasteiger partial charge on any atom is 0.508 e. The second kappa shape index (κ2) is 35.7. The number of rotatable bonds is 39. The average molecular weight is 938 g/mol. The fourth-order valence-electron chi connectivity index (χ4n) is 9.36. The molecule has 14 nitrogen and oxygen atoms in total. The zero-order chi connectivity index (χ0) is 48.3. The van der Waals surface area contributed by atoms with Gasteiger partial charge in [0, 0.05) is 32.2 Å². The number of carbonyl (C=O) groups excluding carboxylic acids is 6. The topological polar surface area (TPSA) is 170 Å². The maximum atomic E-state index is 13.8. The first-order valence-electron chi connectivity index (χ1n) is 26.2. The molecular formula is C52H91NO13. The van der Waals surface area contributed by atoms with Crippen molar-refractivity contribution in [3.8, 4) is 0 Å². The molecule has 2 unspecified atom stereocenters. The van der Waals surface area contributed by atoms with Crippen LogP contribution < -0.4 is 0 Å². The normalized spacial score (nSPS) is 18.0. The summed E-state index contributed by atoms with van der Waals surface area (Å²) in [7, 11) is 0. The summed E-state index contributed by atoms with van der Waals surface area (Å²) in [5, 5.41) is 0. The van der Waals surface area contributed by atoms with E-state index in [2.05, 4.69) is 39.5 Å². The summed E-state index contributed by atoms with van der Waals surface area (Å²) in [6.45, 7) is 12.2. The number of esters is 5. The van der Waals surface area contributed by atoms with Crippen LogP contribution in [0.4, 0.5) is 4.79 Å². The van der Waals surface area contributed by atoms with Gasteiger partial charge in [-0.25, -0.2) is 4.79 Å². The van der Waals surface area contributed by atoms with Crippen LogP contribution in [-0.2, 0) is 57.1 Å². The molecule has 0 N–H and O–H groups in total. The summed E-state index contributed by atoms with van der Waals surface area (Å²) in [6.07, 6.45) is 20.6. The lowest BCUT2D eigenvalue weighted by molar-refractivity contribution is -0.167. The number of ether oxygens (including phenoxy) is 7. The van der Waals surface area contributed by atoms with E-state index in [-0.39, 0.29) is 75.5 Å². The Morgan fingerprint density at radius 2 is 0.909 bits per heavy atom. The third-order valence-corrected chi connectivity index (χ3v) is 13.5. The quantitative estimate of drug-likeness (QED) is 0.0324. The predicted octanol–water partition coefficient (Wildman–Crippen LogP) is 11.0. The summed E-state index contributed by atoms with van der Waals surface area (Å²) in [5.41, 5.74) is -1.67. The lowest BCUT2D eigenvalue weighted by atomic mass is 9.59. The standard InChI is InChI=1S/C52H91NO13/c1-6-11-13-15-17-19-32-60-45(54)27-22-29-47(56)63-39-52(42-66-50(59)62-34-24-31-53(9-4)10-5,40-64-48(57)30-23-28-46(55)61-33-20-18-16-14-12-7-2)41-65-49(58)38-51(8-3)36-43-25-21-26-44(35-43)37-51/h43-44H,6-42H2,1-5H3. The Labute approximate surface area is 398 Å². The monoisotopic (exact) mass is 938 g/mol. The molecule has 2 rings (SSSR count). The maximum absolute atomic E-state index is 13.8. The highest BCUT2D eigenvalue weighted by atomic mass is 16.7. The van der Waals surface area contributed by atoms with E-state index in [1.54, 1.807) is 0 Å². The molecule has 2 fully saturated rings. The third kappa shape index (κ3) is 26.8. The number of nitrogens with zero attached hydrogens (tertiary/aromatic N) is 1. The van der Waals surface area contributed by atoms with E-state index in [1.807, 2.05) is 0 Å². The molecule has 0 heterocycles. The highest BCUT2D eigenvalue weighted by Crippen LogP contribution is 2.52. The van der Waals surface area contributed by atoms with Crippen molar-refractivity contribution in [1.29, 1.82) is 0 Å². The predicted molar refractivity (Wildman–Crippen MR) is 253 cm³/mol. The van der Waals surface area contributed by atoms with Crippen molar-refractivity contribution >= 4 is 36.0 Å². The van der Waals surface area contributed by atoms with Crippen LogP contribution in [0.25, 0.3) is 0 Å². The van der Waals surface area contributed by atoms with Crippen LogP contribution in [0, 0.1) is 22.7 Å². The Bertz CT molecular complexity index is 1300. The molecule has 0 aromatic carbocycles. The van der Waals surface area contributed by atoms with E-state index in [4.69, 9.17) is 33.2 Å². The summed E-state index contributed by atoms with van der Waals surface area (Å²) in [4.78, 5) is 80.1. The third-order valence-electron chi connectivity index (χ3n) is 13.5. The van der Waals surface area contributed by atoms with Gasteiger partial charge in [-0.3, -0.25) is 24.0 Å². The number of fused-ring (bicyclic) bond motifs is 2. The van der Waals surface area contributed by atoms with Gasteiger partial charge in [0.25, 0.3) is 0 Å². The molecule has 2 aliphatic carbocycles. The molecule has 0 aliphatic heterocycles. The van der Waals surface area contributed by atoms with Crippen molar-refractivity contribution in [2.24, 2.45) is 22.7 Å². The van der Waals surface area contributed by atoms with Crippen LogP contribution >= 0.6 is 0 Å². The van der Waals surface area contributed by atoms with Gasteiger partial charge in [-0.05, 0) is 88.1 Å². The van der Waals surface area contributed by atoms with Gasteiger partial charge in [0.2, 0.25) is 0 Å². The van der Waals surface area contributed by atoms with Gasteiger partial charge in [-0.2, -0.15) is 0 Å². The van der Waals surface area contributed by atoms with Gasteiger partial charge >= 0.3 is 36.0 Å². The number of unbranched alkanes of at least 4 members (excludes halogenated alkanes) is 10. The zero-order valence-corrected chi connectivity index (χ0v) is 42.1. The average Bonchev–Trinajstić information content (AvgIpc) is 3.30. The Kier molecular flexibility index (Phi) is 31.7. The molecule has 14 heteroatoms. The van der Waals surface area contributed by atoms with Crippen LogP contribution in [0.3, 0.4) is 0 Å². The second-order valence-corrected chi connectivity index (χ2v) is 19.3. The molecule has 2 aliphatic rings. The molecule has 2 atom stereocenters. The molecule has 0 saturated heterocycles. The van der Waals surface area contributed by atoms with E-state index < -0.39 is 49.3 Å². The molecule has 66 heavy (non-hydrogen) atoms. The van der Waals surface area contributed by atoms with Gasteiger partial charge in [0.1, 0.15) is 31.8 Å². The first kappa shape index (κ1) is 58.7. The van der Waals surface area contributed by atoms with Gasteiger partial charge in [0.05, 0.1) is 26.2 Å². The van der Waals surface area contributed by atoms with E-state index in [0.29, 0.717) is 31.5 Å². The van der Waals surface area contributed by atoms with Crippen LogP contribution in [0.5, 0.6) is 0 Å². The van der Waals surface area contributed by atoms with Gasteiger partial charge in [-0.15, -0.1) is 0 Å². The fourth-order valence-corrected chi connectivity index (χ4v) is 9.36. The minimum Gasteiger partial charge on any atom is -0.466 e. The summed E-state index contributed by atoms with van der Waals surface area (Å²) >= 11 is 0. The van der Waals surface area contributed by atoms with E-state index in [9.17, 15) is 28.8 Å². The van der Waals surface area contributed by atoms with Crippen LogP contribution in [-0.4, -0.2) is 107 Å². The summed E-state index contributed by atoms with van der Waals surface area (Å²) in [5.74, 6) is -1.25. The minimum atomic E-state index is -1.49. The minimum absolute atomic E-state index is 0.0437. The van der Waals surface area contributed by atoms with Gasteiger partial charge in [0.15, 0.2) is 0 Å². The number of carbonyl (C=O) groups is 6. The molecule has 2 bridgehead atoms. The molecule has 0 aromatic rings. The van der Waals surface area contributed by atoms with Crippen molar-refractivity contribution < 1.29 is 61.9 Å². The Hall–Kier alpha value is -3.42. The van der Waals surface area contributed by atoms with Crippen LogP contribution in [0.1, 0.15) is 208 Å². The number of hydrogen-bond donors (Lipinski definition) is 0. The Balaban J connectivity index is 2.13. The van der Waals surface area contributed by atoms with Crippen molar-refractivity contribution in [3.63, 3.8) is 0 Å². The molecule has 0 radical (unpaired) electrons. The van der Waals surface area contributed by atoms with E-state index in [0.717, 1.165) is 77.4 Å². The van der Waals surface area contributed by atoms with Gasteiger partial charge in [-0.1, -0.05) is 118 Å². The lowest BCUT2D eigenvalue weighted by Gasteiger charge is -2.46. The first-order valence-corrected chi connectivity index (χ1v) is 26.2. The van der Waals surface area contributed by atoms with Crippen molar-refractivity contribution in [2.75, 3.05) is 65.9 Å². The molecule has 2 saturated carbocycles. The van der Waals surface area contributed by atoms with Crippen LogP contribution in [0.15, 0.2) is 0 Å². The largest absolute Gasteiger partial charge is 0.508 e. The van der Waals surface area contributed by atoms with Crippen LogP contribution in [0.2, 0.25) is 0 Å². The number of hydrogen-bond acceptors (Lipinski definition) is 14.